The van der Waals surface area contributed by atoms with Crippen molar-refractivity contribution in [3.63, 3.8) is 0 Å². The maximum atomic E-state index is 13.0. The maximum absolute atomic E-state index is 13.0. The van der Waals surface area contributed by atoms with Crippen LogP contribution in [0, 0.1) is 11.6 Å². The number of aromatic nitrogens is 2. The summed E-state index contributed by atoms with van der Waals surface area (Å²) in [5.74, 6) is -0.495. The fourth-order valence-corrected chi connectivity index (χ4v) is 2.97. The molecule has 2 heterocycles. The zero-order chi connectivity index (χ0) is 20.8. The highest BCUT2D eigenvalue weighted by Crippen LogP contribution is 2.18. The molecule has 2 nitrogen and oxygen atoms in total. The van der Waals surface area contributed by atoms with E-state index in [4.69, 9.17) is 0 Å². The maximum Gasteiger partial charge on any atom is 0.230 e. The van der Waals surface area contributed by atoms with Gasteiger partial charge in [-0.05, 0) is 58.7 Å². The SMILES string of the molecule is Fc1ccc(/C=C/c2ccnc(-c3cc(/C=C/c4ccc(F)cc4)cc[nH+]3)c2)cc1. The van der Waals surface area contributed by atoms with Crippen LogP contribution in [0.4, 0.5) is 8.78 Å². The monoisotopic (exact) mass is 397 g/mol. The normalized spacial score (nSPS) is 11.4. The number of rotatable bonds is 5. The first-order chi connectivity index (χ1) is 14.7. The van der Waals surface area contributed by atoms with E-state index >= 15 is 0 Å². The van der Waals surface area contributed by atoms with Crippen molar-refractivity contribution in [3.8, 4) is 11.4 Å². The lowest BCUT2D eigenvalue weighted by Gasteiger charge is -1.99. The van der Waals surface area contributed by atoms with E-state index in [1.165, 1.54) is 24.3 Å². The van der Waals surface area contributed by atoms with E-state index in [2.05, 4.69) is 9.97 Å². The lowest BCUT2D eigenvalue weighted by molar-refractivity contribution is -0.364. The second kappa shape index (κ2) is 9.05. The van der Waals surface area contributed by atoms with Gasteiger partial charge in [0, 0.05) is 18.3 Å². The molecule has 0 aliphatic rings. The Morgan fingerprint density at radius 1 is 0.600 bits per heavy atom. The Kier molecular flexibility index (Phi) is 5.85. The molecule has 0 amide bonds. The molecule has 2 aromatic heterocycles. The van der Waals surface area contributed by atoms with Gasteiger partial charge in [0.05, 0.1) is 0 Å². The smallest absolute Gasteiger partial charge is 0.230 e. The highest BCUT2D eigenvalue weighted by molar-refractivity contribution is 5.73. The van der Waals surface area contributed by atoms with E-state index in [1.807, 2.05) is 54.8 Å². The van der Waals surface area contributed by atoms with Gasteiger partial charge < -0.3 is 0 Å². The summed E-state index contributed by atoms with van der Waals surface area (Å²) in [5.41, 5.74) is 5.54. The van der Waals surface area contributed by atoms with Crippen LogP contribution < -0.4 is 4.98 Å². The second-order valence-corrected chi connectivity index (χ2v) is 6.78. The molecule has 0 bridgehead atoms. The molecule has 4 rings (SSSR count). The van der Waals surface area contributed by atoms with Gasteiger partial charge in [0.1, 0.15) is 17.3 Å². The third kappa shape index (κ3) is 5.11. The van der Waals surface area contributed by atoms with Gasteiger partial charge in [0.15, 0.2) is 6.20 Å². The molecule has 2 aromatic carbocycles. The number of benzene rings is 2. The van der Waals surface area contributed by atoms with E-state index in [9.17, 15) is 8.78 Å². The summed E-state index contributed by atoms with van der Waals surface area (Å²) >= 11 is 0. The van der Waals surface area contributed by atoms with Gasteiger partial charge in [-0.1, -0.05) is 48.6 Å². The van der Waals surface area contributed by atoms with Gasteiger partial charge in [-0.25, -0.2) is 18.7 Å². The Bertz CT molecular complexity index is 1100. The van der Waals surface area contributed by atoms with E-state index in [0.29, 0.717) is 0 Å². The highest BCUT2D eigenvalue weighted by atomic mass is 19.1. The molecule has 0 unspecified atom stereocenters. The highest BCUT2D eigenvalue weighted by Gasteiger charge is 2.07. The quantitative estimate of drug-likeness (QED) is 0.395. The third-order valence-corrected chi connectivity index (χ3v) is 4.56. The summed E-state index contributed by atoms with van der Waals surface area (Å²) in [6, 6.07) is 20.6. The molecular formula is C26H19F2N2+. The first-order valence-electron chi connectivity index (χ1n) is 9.51. The Morgan fingerprint density at radius 2 is 1.13 bits per heavy atom. The first kappa shape index (κ1) is 19.4. The summed E-state index contributed by atoms with van der Waals surface area (Å²) < 4.78 is 26.1. The number of nitrogens with zero attached hydrogens (tertiary/aromatic N) is 1. The zero-order valence-corrected chi connectivity index (χ0v) is 16.1. The molecule has 0 aliphatic carbocycles. The van der Waals surface area contributed by atoms with Crippen LogP contribution in [0.3, 0.4) is 0 Å². The van der Waals surface area contributed by atoms with Crippen molar-refractivity contribution in [2.45, 2.75) is 0 Å². The van der Waals surface area contributed by atoms with Crippen molar-refractivity contribution in [2.75, 3.05) is 0 Å². The molecule has 30 heavy (non-hydrogen) atoms. The van der Waals surface area contributed by atoms with Gasteiger partial charge in [0.2, 0.25) is 5.69 Å². The summed E-state index contributed by atoms with van der Waals surface area (Å²) in [4.78, 5) is 7.69. The molecular weight excluding hydrogens is 378 g/mol. The third-order valence-electron chi connectivity index (χ3n) is 4.56. The Morgan fingerprint density at radius 3 is 1.73 bits per heavy atom. The molecule has 4 aromatic rings. The van der Waals surface area contributed by atoms with Crippen LogP contribution in [0.5, 0.6) is 0 Å². The average Bonchev–Trinajstić information content (AvgIpc) is 2.79. The van der Waals surface area contributed by atoms with Gasteiger partial charge in [-0.15, -0.1) is 0 Å². The van der Waals surface area contributed by atoms with Crippen LogP contribution in [0.1, 0.15) is 22.3 Å². The van der Waals surface area contributed by atoms with Gasteiger partial charge >= 0.3 is 0 Å². The first-order valence-corrected chi connectivity index (χ1v) is 9.51. The molecule has 4 heteroatoms. The molecule has 0 aliphatic heterocycles. The summed E-state index contributed by atoms with van der Waals surface area (Å²) in [7, 11) is 0. The molecule has 0 spiro atoms. The summed E-state index contributed by atoms with van der Waals surface area (Å²) in [6.45, 7) is 0. The zero-order valence-electron chi connectivity index (χ0n) is 16.1. The number of halogens is 2. The van der Waals surface area contributed by atoms with E-state index in [1.54, 1.807) is 30.5 Å². The van der Waals surface area contributed by atoms with E-state index in [0.717, 1.165) is 33.6 Å². The van der Waals surface area contributed by atoms with E-state index < -0.39 is 0 Å². The average molecular weight is 397 g/mol. The molecule has 0 saturated carbocycles. The largest absolute Gasteiger partial charge is 0.250 e. The molecule has 0 radical (unpaired) electrons. The summed E-state index contributed by atoms with van der Waals surface area (Å²) in [5, 5.41) is 0. The van der Waals surface area contributed by atoms with Crippen molar-refractivity contribution >= 4 is 24.3 Å². The minimum absolute atomic E-state index is 0.247. The van der Waals surface area contributed by atoms with Gasteiger partial charge in [0.25, 0.3) is 0 Å². The van der Waals surface area contributed by atoms with Crippen LogP contribution in [-0.2, 0) is 0 Å². The Hall–Kier alpha value is -3.92. The van der Waals surface area contributed by atoms with E-state index in [-0.39, 0.29) is 11.6 Å². The van der Waals surface area contributed by atoms with Crippen molar-refractivity contribution in [2.24, 2.45) is 0 Å². The molecule has 146 valence electrons. The number of H-pyrrole nitrogens is 1. The predicted octanol–water partition coefficient (Wildman–Crippen LogP) is 6.18. The lowest BCUT2D eigenvalue weighted by atomic mass is 10.1. The number of hydrogen-bond acceptors (Lipinski definition) is 1. The standard InChI is InChI=1S/C26H18F2N2/c27-23-9-5-19(6-10-23)1-3-21-13-15-29-25(17-21)26-18-22(14-16-30-26)4-2-20-7-11-24(28)12-8-20/h1-18H/p+1/b3-1+,4-2+. The van der Waals surface area contributed by atoms with Crippen LogP contribution in [0.15, 0.2) is 85.2 Å². The molecule has 0 atom stereocenters. The number of pyridine rings is 2. The minimum Gasteiger partial charge on any atom is -0.250 e. The lowest BCUT2D eigenvalue weighted by Crippen LogP contribution is -2.06. The van der Waals surface area contributed by atoms with Gasteiger partial charge in [-0.2, -0.15) is 0 Å². The summed E-state index contributed by atoms with van der Waals surface area (Å²) in [6.07, 6.45) is 11.4. The number of nitrogens with one attached hydrogen (secondary N) is 1. The molecule has 0 fully saturated rings. The number of hydrogen-bond donors (Lipinski definition) is 0. The van der Waals surface area contributed by atoms with Crippen molar-refractivity contribution in [1.29, 1.82) is 0 Å². The van der Waals surface area contributed by atoms with Gasteiger partial charge in [-0.3, -0.25) is 0 Å². The Balaban J connectivity index is 1.54. The van der Waals surface area contributed by atoms with Crippen molar-refractivity contribution < 1.29 is 13.8 Å². The Labute approximate surface area is 173 Å². The number of aromatic amines is 1. The van der Waals surface area contributed by atoms with Crippen LogP contribution in [-0.4, -0.2) is 4.98 Å². The fraction of sp³-hybridized carbons (Fsp3) is 0. The molecule has 0 saturated heterocycles. The van der Waals surface area contributed by atoms with Crippen molar-refractivity contribution in [3.05, 3.63) is 119 Å². The fourth-order valence-electron chi connectivity index (χ4n) is 2.97. The van der Waals surface area contributed by atoms with Crippen LogP contribution in [0.2, 0.25) is 0 Å². The topological polar surface area (TPSA) is 27.0 Å². The van der Waals surface area contributed by atoms with Crippen molar-refractivity contribution in [1.82, 2.24) is 4.98 Å². The molecule has 1 N–H and O–H groups in total. The second-order valence-electron chi connectivity index (χ2n) is 6.78. The van der Waals surface area contributed by atoms with Crippen LogP contribution in [0.25, 0.3) is 35.7 Å². The van der Waals surface area contributed by atoms with Crippen LogP contribution >= 0.6 is 0 Å². The minimum atomic E-state index is -0.248. The predicted molar refractivity (Wildman–Crippen MR) is 117 cm³/mol.